The van der Waals surface area contributed by atoms with Crippen molar-refractivity contribution in [2.24, 2.45) is 5.73 Å². The minimum Gasteiger partial charge on any atom is -0.497 e. The fourth-order valence-electron chi connectivity index (χ4n) is 6.40. The third-order valence-corrected chi connectivity index (χ3v) is 9.17. The van der Waals surface area contributed by atoms with Crippen LogP contribution in [-0.4, -0.2) is 71.6 Å². The highest BCUT2D eigenvalue weighted by molar-refractivity contribution is 6.03. The molecule has 1 aromatic heterocycles. The predicted molar refractivity (Wildman–Crippen MR) is 199 cm³/mol. The van der Waals surface area contributed by atoms with E-state index >= 15 is 0 Å². The molecule has 1 aliphatic heterocycles. The van der Waals surface area contributed by atoms with Gasteiger partial charge in [-0.1, -0.05) is 72.8 Å². The maximum absolute atomic E-state index is 13.4. The lowest BCUT2D eigenvalue weighted by Crippen LogP contribution is -2.42. The maximum atomic E-state index is 13.4. The zero-order chi connectivity index (χ0) is 39.0. The second-order valence-corrected chi connectivity index (χ2v) is 12.6. The van der Waals surface area contributed by atoms with Gasteiger partial charge in [-0.15, -0.1) is 0 Å². The molecule has 14 nitrogen and oxygen atoms in total. The number of amides is 2. The van der Waals surface area contributed by atoms with Crippen molar-refractivity contribution < 1.29 is 43.2 Å². The van der Waals surface area contributed by atoms with Crippen molar-refractivity contribution in [1.29, 1.82) is 0 Å². The molecular weight excluding hydrogens is 708 g/mol. The lowest BCUT2D eigenvalue weighted by Gasteiger charge is -2.37. The standard InChI is InChI=1S/C41H40N4O10/c1-51-30-17-13-28(14-18-30)41(27-11-7-4-8-12-27,29-15-19-31(52-2)20-16-29)53-25-32-37(55-35(47)22-21-33(42)46)36(48)39(54-32)45-24-23-34(44-40(45)50)43-38(49)26-9-5-3-6-10-26/h3-20,23-24,32,36-37,39,48H,21-22,25H2,1-2H3,(H2,42,46)(H,43,44,49,50)/t32-,36-,37-,39-/m1/s1. The topological polar surface area (TPSA) is 191 Å². The van der Waals surface area contributed by atoms with E-state index in [0.717, 1.165) is 10.1 Å². The molecule has 0 bridgehead atoms. The average molecular weight is 749 g/mol. The number of nitrogens with two attached hydrogens (primary N) is 1. The number of carbonyl (C=O) groups is 3. The molecule has 1 fully saturated rings. The van der Waals surface area contributed by atoms with E-state index in [9.17, 15) is 24.3 Å². The highest BCUT2D eigenvalue weighted by Crippen LogP contribution is 2.43. The van der Waals surface area contributed by atoms with Crippen LogP contribution in [0.5, 0.6) is 11.5 Å². The third-order valence-electron chi connectivity index (χ3n) is 9.17. The molecule has 6 rings (SSSR count). The third kappa shape index (κ3) is 8.57. The summed E-state index contributed by atoms with van der Waals surface area (Å²) in [5.41, 5.74) is 5.63. The van der Waals surface area contributed by atoms with E-state index in [1.807, 2.05) is 54.6 Å². The maximum Gasteiger partial charge on any atom is 0.351 e. The van der Waals surface area contributed by atoms with Gasteiger partial charge in [0.15, 0.2) is 12.3 Å². The summed E-state index contributed by atoms with van der Waals surface area (Å²) >= 11 is 0. The Balaban J connectivity index is 1.36. The van der Waals surface area contributed by atoms with Crippen LogP contribution in [0.3, 0.4) is 0 Å². The molecule has 1 aliphatic rings. The minimum absolute atomic E-state index is 0.0245. The summed E-state index contributed by atoms with van der Waals surface area (Å²) in [6.45, 7) is -0.276. The largest absolute Gasteiger partial charge is 0.497 e. The number of nitrogens with one attached hydrogen (secondary N) is 1. The number of hydrogen-bond acceptors (Lipinski definition) is 11. The molecule has 55 heavy (non-hydrogen) atoms. The van der Waals surface area contributed by atoms with Gasteiger partial charge in [-0.05, 0) is 59.2 Å². The number of primary amides is 1. The van der Waals surface area contributed by atoms with Crippen LogP contribution in [0, 0.1) is 0 Å². The Bertz CT molecular complexity index is 2100. The van der Waals surface area contributed by atoms with E-state index in [-0.39, 0.29) is 25.3 Å². The Morgan fingerprint density at radius 2 is 1.38 bits per heavy atom. The fraction of sp³-hybridized carbons (Fsp3) is 0.244. The summed E-state index contributed by atoms with van der Waals surface area (Å²) in [5, 5.41) is 14.2. The van der Waals surface area contributed by atoms with E-state index in [1.165, 1.54) is 12.3 Å². The molecule has 2 amide bonds. The number of rotatable bonds is 15. The van der Waals surface area contributed by atoms with Gasteiger partial charge in [0.2, 0.25) is 5.91 Å². The number of hydrogen-bond donors (Lipinski definition) is 3. The van der Waals surface area contributed by atoms with Crippen molar-refractivity contribution >= 4 is 23.6 Å². The van der Waals surface area contributed by atoms with Gasteiger partial charge in [0, 0.05) is 18.2 Å². The van der Waals surface area contributed by atoms with E-state index in [1.54, 1.807) is 68.8 Å². The highest BCUT2D eigenvalue weighted by atomic mass is 16.6. The van der Waals surface area contributed by atoms with Gasteiger partial charge in [-0.2, -0.15) is 4.98 Å². The molecule has 4 N–H and O–H groups in total. The van der Waals surface area contributed by atoms with Gasteiger partial charge in [-0.3, -0.25) is 19.0 Å². The van der Waals surface area contributed by atoms with Gasteiger partial charge >= 0.3 is 11.7 Å². The summed E-state index contributed by atoms with van der Waals surface area (Å²) in [6.07, 6.45) is -4.82. The SMILES string of the molecule is COc1ccc(C(OC[C@H]2O[C@@H](n3ccc(NC(=O)c4ccccc4)nc3=O)[C@H](O)[C@@H]2OC(=O)CCC(N)=O)(c2ccccc2)c2ccc(OC)cc2)cc1. The first-order valence-corrected chi connectivity index (χ1v) is 17.4. The van der Waals surface area contributed by atoms with Crippen LogP contribution in [0.4, 0.5) is 5.82 Å². The monoisotopic (exact) mass is 748 g/mol. The van der Waals surface area contributed by atoms with Crippen molar-refractivity contribution in [1.82, 2.24) is 9.55 Å². The first kappa shape index (κ1) is 38.4. The number of aromatic nitrogens is 2. The summed E-state index contributed by atoms with van der Waals surface area (Å²) < 4.78 is 30.9. The first-order chi connectivity index (χ1) is 26.6. The second kappa shape index (κ2) is 17.2. The Morgan fingerprint density at radius 1 is 0.818 bits per heavy atom. The Morgan fingerprint density at radius 3 is 1.93 bits per heavy atom. The molecule has 0 radical (unpaired) electrons. The van der Waals surface area contributed by atoms with Crippen molar-refractivity contribution in [2.45, 2.75) is 43.0 Å². The van der Waals surface area contributed by atoms with Gasteiger partial charge in [0.25, 0.3) is 5.91 Å². The van der Waals surface area contributed by atoms with Crippen LogP contribution in [0.1, 0.15) is 46.1 Å². The van der Waals surface area contributed by atoms with Crippen molar-refractivity contribution in [3.8, 4) is 11.5 Å². The molecule has 14 heteroatoms. The van der Waals surface area contributed by atoms with E-state index < -0.39 is 53.6 Å². The molecule has 0 unspecified atom stereocenters. The summed E-state index contributed by atoms with van der Waals surface area (Å²) in [7, 11) is 3.14. The molecule has 4 aromatic carbocycles. The number of carbonyl (C=O) groups excluding carboxylic acids is 3. The van der Waals surface area contributed by atoms with Crippen LogP contribution < -0.4 is 26.2 Å². The van der Waals surface area contributed by atoms with E-state index in [4.69, 9.17) is 29.4 Å². The van der Waals surface area contributed by atoms with Crippen molar-refractivity contribution in [3.05, 3.63) is 154 Å². The zero-order valence-corrected chi connectivity index (χ0v) is 30.1. The van der Waals surface area contributed by atoms with Gasteiger partial charge in [0.05, 0.1) is 27.2 Å². The van der Waals surface area contributed by atoms with E-state index in [0.29, 0.717) is 28.2 Å². The fourth-order valence-corrected chi connectivity index (χ4v) is 6.40. The molecule has 2 heterocycles. The molecule has 284 valence electrons. The Kier molecular flexibility index (Phi) is 12.0. The lowest BCUT2D eigenvalue weighted by molar-refractivity contribution is -0.159. The number of esters is 1. The average Bonchev–Trinajstić information content (AvgIpc) is 3.51. The predicted octanol–water partition coefficient (Wildman–Crippen LogP) is 3.96. The number of aliphatic hydroxyl groups is 1. The number of anilines is 1. The number of methoxy groups -OCH3 is 2. The van der Waals surface area contributed by atoms with Gasteiger partial charge in [-0.25, -0.2) is 4.79 Å². The number of nitrogens with zero attached hydrogens (tertiary/aromatic N) is 2. The molecule has 5 aromatic rings. The summed E-state index contributed by atoms with van der Waals surface area (Å²) in [6, 6.07) is 33.9. The number of benzene rings is 4. The Labute approximate surface area is 316 Å². The lowest BCUT2D eigenvalue weighted by atomic mass is 9.80. The molecule has 4 atom stereocenters. The van der Waals surface area contributed by atoms with E-state index in [2.05, 4.69) is 10.3 Å². The minimum atomic E-state index is -1.59. The summed E-state index contributed by atoms with van der Waals surface area (Å²) in [5.74, 6) is -0.777. The van der Waals surface area contributed by atoms with Crippen LogP contribution in [0.25, 0.3) is 0 Å². The van der Waals surface area contributed by atoms with Gasteiger partial charge < -0.3 is 39.8 Å². The molecule has 0 spiro atoms. The molecule has 0 saturated carbocycles. The first-order valence-electron chi connectivity index (χ1n) is 17.4. The van der Waals surface area contributed by atoms with Crippen molar-refractivity contribution in [2.75, 3.05) is 26.1 Å². The number of ether oxygens (including phenoxy) is 5. The van der Waals surface area contributed by atoms with Crippen LogP contribution in [0.15, 0.2) is 126 Å². The normalized spacial score (nSPS) is 17.9. The van der Waals surface area contributed by atoms with Crippen LogP contribution in [-0.2, 0) is 29.4 Å². The smallest absolute Gasteiger partial charge is 0.351 e. The quantitative estimate of drug-likeness (QED) is 0.104. The van der Waals surface area contributed by atoms with Crippen molar-refractivity contribution in [3.63, 3.8) is 0 Å². The molecule has 0 aliphatic carbocycles. The van der Waals surface area contributed by atoms with Gasteiger partial charge in [0.1, 0.15) is 35.1 Å². The second-order valence-electron chi connectivity index (χ2n) is 12.6. The molecule has 1 saturated heterocycles. The summed E-state index contributed by atoms with van der Waals surface area (Å²) in [4.78, 5) is 54.5. The van der Waals surface area contributed by atoms with Crippen LogP contribution in [0.2, 0.25) is 0 Å². The van der Waals surface area contributed by atoms with Crippen LogP contribution >= 0.6 is 0 Å². The number of aliphatic hydroxyl groups excluding tert-OH is 1. The Hall–Kier alpha value is -6.35. The zero-order valence-electron chi connectivity index (χ0n) is 30.1. The highest BCUT2D eigenvalue weighted by Gasteiger charge is 2.49. The molecular formula is C41H40N4O10.